The lowest BCUT2D eigenvalue weighted by molar-refractivity contribution is -0.135. The summed E-state index contributed by atoms with van der Waals surface area (Å²) in [7, 11) is 0. The Labute approximate surface area is 169 Å². The van der Waals surface area contributed by atoms with Gasteiger partial charge in [0.15, 0.2) is 0 Å². The van der Waals surface area contributed by atoms with Gasteiger partial charge in [0, 0.05) is 64.3 Å². The first-order valence-electron chi connectivity index (χ1n) is 10.6. The number of nitrogens with one attached hydrogen (secondary N) is 1. The van der Waals surface area contributed by atoms with E-state index in [0.717, 1.165) is 64.4 Å². The Balaban J connectivity index is 0.00000210. The number of piperazine rings is 1. The van der Waals surface area contributed by atoms with Gasteiger partial charge in [0.2, 0.25) is 11.8 Å². The highest BCUT2D eigenvalue weighted by Gasteiger charge is 2.42. The van der Waals surface area contributed by atoms with Gasteiger partial charge in [0.05, 0.1) is 5.92 Å². The van der Waals surface area contributed by atoms with E-state index in [-0.39, 0.29) is 30.1 Å². The largest absolute Gasteiger partial charge is 0.341 e. The lowest BCUT2D eigenvalue weighted by Gasteiger charge is -2.34. The zero-order valence-corrected chi connectivity index (χ0v) is 17.4. The number of rotatable bonds is 3. The Hall–Kier alpha value is -0.850. The van der Waals surface area contributed by atoms with Gasteiger partial charge in [0.25, 0.3) is 0 Å². The molecule has 7 heteroatoms. The molecule has 4 rings (SSSR count). The number of likely N-dealkylation sites (tertiary alicyclic amines) is 2. The average Bonchev–Trinajstić information content (AvgIpc) is 3.30. The van der Waals surface area contributed by atoms with E-state index < -0.39 is 0 Å². The van der Waals surface area contributed by atoms with Crippen molar-refractivity contribution in [1.29, 1.82) is 0 Å². The lowest BCUT2D eigenvalue weighted by atomic mass is 9.86. The molecular weight excluding hydrogens is 364 g/mol. The summed E-state index contributed by atoms with van der Waals surface area (Å²) in [5.74, 6) is 1.11. The molecule has 3 saturated heterocycles. The quantitative estimate of drug-likeness (QED) is 0.779. The Morgan fingerprint density at radius 3 is 2.37 bits per heavy atom. The summed E-state index contributed by atoms with van der Waals surface area (Å²) in [6.45, 7) is 8.95. The second kappa shape index (κ2) is 9.10. The number of nitrogens with zero attached hydrogens (tertiary/aromatic N) is 3. The summed E-state index contributed by atoms with van der Waals surface area (Å²) in [5, 5.41) is 3.40. The summed E-state index contributed by atoms with van der Waals surface area (Å²) in [6, 6.07) is 0.887. The molecule has 2 amide bonds. The van der Waals surface area contributed by atoms with Crippen LogP contribution in [0, 0.1) is 11.8 Å². The molecule has 1 saturated carbocycles. The van der Waals surface area contributed by atoms with Gasteiger partial charge in [-0.3, -0.25) is 14.5 Å². The molecule has 27 heavy (non-hydrogen) atoms. The maximum Gasteiger partial charge on any atom is 0.228 e. The lowest BCUT2D eigenvalue weighted by Crippen LogP contribution is -2.49. The molecule has 1 N–H and O–H groups in total. The summed E-state index contributed by atoms with van der Waals surface area (Å²) in [4.78, 5) is 32.2. The van der Waals surface area contributed by atoms with Crippen molar-refractivity contribution in [3.63, 3.8) is 0 Å². The fraction of sp³-hybridized carbons (Fsp3) is 0.900. The minimum Gasteiger partial charge on any atom is -0.341 e. The second-order valence-corrected chi connectivity index (χ2v) is 8.87. The Morgan fingerprint density at radius 2 is 1.67 bits per heavy atom. The molecule has 154 valence electrons. The monoisotopic (exact) mass is 398 g/mol. The third kappa shape index (κ3) is 4.60. The first-order chi connectivity index (χ1) is 12.6. The molecule has 0 aromatic carbocycles. The van der Waals surface area contributed by atoms with Crippen LogP contribution in [0.5, 0.6) is 0 Å². The average molecular weight is 399 g/mol. The molecule has 1 aliphatic carbocycles. The third-order valence-electron chi connectivity index (χ3n) is 7.08. The van der Waals surface area contributed by atoms with Gasteiger partial charge >= 0.3 is 0 Å². The van der Waals surface area contributed by atoms with Gasteiger partial charge < -0.3 is 15.1 Å². The van der Waals surface area contributed by atoms with Crippen LogP contribution in [0.15, 0.2) is 0 Å². The fourth-order valence-corrected chi connectivity index (χ4v) is 5.35. The summed E-state index contributed by atoms with van der Waals surface area (Å²) in [5.41, 5.74) is 0. The molecule has 0 spiro atoms. The highest BCUT2D eigenvalue weighted by molar-refractivity contribution is 5.89. The Morgan fingerprint density at radius 1 is 0.963 bits per heavy atom. The minimum atomic E-state index is -0.108. The minimum absolute atomic E-state index is 0. The van der Waals surface area contributed by atoms with E-state index in [1.807, 2.05) is 9.80 Å². The van der Waals surface area contributed by atoms with Crippen LogP contribution in [-0.2, 0) is 9.59 Å². The maximum absolute atomic E-state index is 13.0. The van der Waals surface area contributed by atoms with E-state index in [1.165, 1.54) is 12.8 Å². The van der Waals surface area contributed by atoms with E-state index in [1.54, 1.807) is 0 Å². The van der Waals surface area contributed by atoms with Crippen molar-refractivity contribution in [2.45, 2.75) is 57.5 Å². The summed E-state index contributed by atoms with van der Waals surface area (Å²) < 4.78 is 0. The molecule has 2 atom stereocenters. The Bertz CT molecular complexity index is 532. The SMILES string of the molecule is CC1CCC(N2CC(C(=O)N3CCC(N4CCNCC4)C3)CC2=O)CC1.Cl. The first-order valence-corrected chi connectivity index (χ1v) is 10.6. The van der Waals surface area contributed by atoms with Gasteiger partial charge in [-0.1, -0.05) is 6.92 Å². The van der Waals surface area contributed by atoms with E-state index in [2.05, 4.69) is 17.1 Å². The van der Waals surface area contributed by atoms with Crippen LogP contribution < -0.4 is 5.32 Å². The van der Waals surface area contributed by atoms with E-state index in [9.17, 15) is 9.59 Å². The normalized spacial score (nSPS) is 35.4. The van der Waals surface area contributed by atoms with Gasteiger partial charge in [0.1, 0.15) is 0 Å². The molecule has 4 fully saturated rings. The molecule has 0 aromatic heterocycles. The van der Waals surface area contributed by atoms with Crippen molar-refractivity contribution >= 4 is 24.2 Å². The predicted octanol–water partition coefficient (Wildman–Crippen LogP) is 1.34. The number of halogens is 1. The fourth-order valence-electron chi connectivity index (χ4n) is 5.35. The number of hydrogen-bond donors (Lipinski definition) is 1. The van der Waals surface area contributed by atoms with Crippen LogP contribution in [0.4, 0.5) is 0 Å². The van der Waals surface area contributed by atoms with Crippen LogP contribution in [-0.4, -0.2) is 84.4 Å². The van der Waals surface area contributed by atoms with Crippen molar-refractivity contribution in [3.8, 4) is 0 Å². The topological polar surface area (TPSA) is 55.9 Å². The molecule has 0 bridgehead atoms. The molecule has 3 heterocycles. The van der Waals surface area contributed by atoms with E-state index in [0.29, 0.717) is 25.0 Å². The van der Waals surface area contributed by atoms with Crippen molar-refractivity contribution < 1.29 is 9.59 Å². The van der Waals surface area contributed by atoms with Crippen molar-refractivity contribution in [2.75, 3.05) is 45.8 Å². The van der Waals surface area contributed by atoms with Crippen LogP contribution in [0.2, 0.25) is 0 Å². The van der Waals surface area contributed by atoms with Crippen molar-refractivity contribution in [1.82, 2.24) is 20.0 Å². The van der Waals surface area contributed by atoms with Gasteiger partial charge in [-0.05, 0) is 38.0 Å². The molecule has 3 aliphatic heterocycles. The van der Waals surface area contributed by atoms with Crippen molar-refractivity contribution in [2.24, 2.45) is 11.8 Å². The van der Waals surface area contributed by atoms with Crippen molar-refractivity contribution in [3.05, 3.63) is 0 Å². The number of hydrogen-bond acceptors (Lipinski definition) is 4. The smallest absolute Gasteiger partial charge is 0.228 e. The highest BCUT2D eigenvalue weighted by Crippen LogP contribution is 2.32. The Kier molecular flexibility index (Phi) is 7.03. The zero-order valence-electron chi connectivity index (χ0n) is 16.6. The van der Waals surface area contributed by atoms with Crippen LogP contribution >= 0.6 is 12.4 Å². The second-order valence-electron chi connectivity index (χ2n) is 8.87. The molecular formula is C20H35ClN4O2. The number of carbonyl (C=O) groups is 2. The van der Waals surface area contributed by atoms with Crippen LogP contribution in [0.3, 0.4) is 0 Å². The molecule has 0 radical (unpaired) electrons. The molecule has 0 aromatic rings. The van der Waals surface area contributed by atoms with E-state index >= 15 is 0 Å². The first kappa shape index (κ1) is 20.9. The number of carbonyl (C=O) groups excluding carboxylic acids is 2. The third-order valence-corrected chi connectivity index (χ3v) is 7.08. The maximum atomic E-state index is 13.0. The van der Waals surface area contributed by atoms with Gasteiger partial charge in [-0.2, -0.15) is 0 Å². The predicted molar refractivity (Wildman–Crippen MR) is 108 cm³/mol. The van der Waals surface area contributed by atoms with Gasteiger partial charge in [-0.25, -0.2) is 0 Å². The molecule has 2 unspecified atom stereocenters. The van der Waals surface area contributed by atoms with E-state index in [4.69, 9.17) is 0 Å². The van der Waals surface area contributed by atoms with Crippen LogP contribution in [0.1, 0.15) is 45.4 Å². The van der Waals surface area contributed by atoms with Crippen LogP contribution in [0.25, 0.3) is 0 Å². The zero-order chi connectivity index (χ0) is 18.1. The molecule has 6 nitrogen and oxygen atoms in total. The van der Waals surface area contributed by atoms with Gasteiger partial charge in [-0.15, -0.1) is 12.4 Å². The summed E-state index contributed by atoms with van der Waals surface area (Å²) >= 11 is 0. The standard InChI is InChI=1S/C20H34N4O2.ClH/c1-15-2-4-17(5-3-15)24-13-16(12-19(24)25)20(26)23-9-6-18(14-23)22-10-7-21-8-11-22;/h15-18,21H,2-14H2,1H3;1H. The summed E-state index contributed by atoms with van der Waals surface area (Å²) in [6.07, 6.45) is 6.17. The highest BCUT2D eigenvalue weighted by atomic mass is 35.5. The molecule has 4 aliphatic rings. The number of amides is 2.